The summed E-state index contributed by atoms with van der Waals surface area (Å²) in [5.41, 5.74) is 0.0356. The molecular weight excluding hydrogens is 272 g/mol. The molecule has 0 N–H and O–H groups in total. The van der Waals surface area contributed by atoms with Crippen LogP contribution in [0.5, 0.6) is 0 Å². The lowest BCUT2D eigenvalue weighted by Gasteiger charge is -2.26. The van der Waals surface area contributed by atoms with E-state index in [1.54, 1.807) is 31.7 Å². The summed E-state index contributed by atoms with van der Waals surface area (Å²) in [7, 11) is 0. The van der Waals surface area contributed by atoms with Gasteiger partial charge in [0.05, 0.1) is 4.92 Å². The van der Waals surface area contributed by atoms with E-state index >= 15 is 0 Å². The number of fused-ring (bicyclic) bond motifs is 1. The second-order valence-electron chi connectivity index (χ2n) is 7.30. The van der Waals surface area contributed by atoms with Crippen LogP contribution in [0.2, 0.25) is 0 Å². The Hall–Kier alpha value is -1.85. The Morgan fingerprint density at radius 3 is 2.62 bits per heavy atom. The summed E-state index contributed by atoms with van der Waals surface area (Å²) in [5.74, 6) is 0.105. The molecule has 0 saturated carbocycles. The fraction of sp³-hybridized carbons (Fsp3) is 0.667. The van der Waals surface area contributed by atoms with Crippen molar-refractivity contribution in [2.24, 2.45) is 11.3 Å². The molecule has 21 heavy (non-hydrogen) atoms. The highest BCUT2D eigenvalue weighted by molar-refractivity contribution is 5.72. The van der Waals surface area contributed by atoms with E-state index in [1.807, 2.05) is 0 Å². The smallest absolute Gasteiger partial charge is 0.414 e. The highest BCUT2D eigenvalue weighted by atomic mass is 16.6. The van der Waals surface area contributed by atoms with Crippen LogP contribution >= 0.6 is 0 Å². The average Bonchev–Trinajstić information content (AvgIpc) is 2.59. The van der Waals surface area contributed by atoms with E-state index in [2.05, 4.69) is 13.8 Å². The first-order valence-electron chi connectivity index (χ1n) is 7.08. The number of hydrogen-bond donors (Lipinski definition) is 0. The SMILES string of the molecule is CC(C)(C)OC(=O)N1CC(C)(C)C2CC=C([N+](=O)[O-])C=C21. The molecule has 1 saturated heterocycles. The quantitative estimate of drug-likeness (QED) is 0.549. The van der Waals surface area contributed by atoms with Crippen LogP contribution in [0.1, 0.15) is 41.0 Å². The summed E-state index contributed by atoms with van der Waals surface area (Å²) in [5, 5.41) is 11.0. The number of carbonyl (C=O) groups excluding carboxylic acids is 1. The molecule has 2 aliphatic rings. The van der Waals surface area contributed by atoms with E-state index in [4.69, 9.17) is 4.74 Å². The molecular formula is C15H22N2O4. The Kier molecular flexibility index (Phi) is 3.59. The molecule has 1 atom stereocenters. The van der Waals surface area contributed by atoms with Crippen LogP contribution in [-0.4, -0.2) is 28.1 Å². The summed E-state index contributed by atoms with van der Waals surface area (Å²) >= 11 is 0. The van der Waals surface area contributed by atoms with E-state index in [1.165, 1.54) is 6.08 Å². The molecule has 0 aromatic carbocycles. The normalized spacial score (nSPS) is 24.0. The predicted molar refractivity (Wildman–Crippen MR) is 78.0 cm³/mol. The minimum absolute atomic E-state index is 0.0486. The van der Waals surface area contributed by atoms with Crippen LogP contribution in [0.15, 0.2) is 23.5 Å². The van der Waals surface area contributed by atoms with Crippen molar-refractivity contribution < 1.29 is 14.5 Å². The number of rotatable bonds is 1. The van der Waals surface area contributed by atoms with E-state index in [0.717, 1.165) is 0 Å². The number of allylic oxidation sites excluding steroid dienone is 3. The largest absolute Gasteiger partial charge is 0.443 e. The lowest BCUT2D eigenvalue weighted by molar-refractivity contribution is -0.419. The molecule has 116 valence electrons. The Morgan fingerprint density at radius 2 is 2.10 bits per heavy atom. The molecule has 0 spiro atoms. The number of amides is 1. The van der Waals surface area contributed by atoms with Crippen molar-refractivity contribution in [3.63, 3.8) is 0 Å². The third-order valence-electron chi connectivity index (χ3n) is 3.86. The maximum Gasteiger partial charge on any atom is 0.414 e. The van der Waals surface area contributed by atoms with Gasteiger partial charge in [-0.2, -0.15) is 0 Å². The van der Waals surface area contributed by atoms with E-state index in [-0.39, 0.29) is 17.0 Å². The lowest BCUT2D eigenvalue weighted by Crippen LogP contribution is -2.35. The first-order valence-corrected chi connectivity index (χ1v) is 7.08. The molecule has 1 unspecified atom stereocenters. The highest BCUT2D eigenvalue weighted by Gasteiger charge is 2.47. The lowest BCUT2D eigenvalue weighted by atomic mass is 9.77. The number of nitro groups is 1. The molecule has 0 aromatic heterocycles. The van der Waals surface area contributed by atoms with Crippen LogP contribution in [0.4, 0.5) is 4.79 Å². The van der Waals surface area contributed by atoms with Crippen LogP contribution in [0, 0.1) is 21.4 Å². The van der Waals surface area contributed by atoms with Crippen molar-refractivity contribution >= 4 is 6.09 Å². The molecule has 0 bridgehead atoms. The van der Waals surface area contributed by atoms with Gasteiger partial charge in [0.15, 0.2) is 0 Å². The van der Waals surface area contributed by atoms with Crippen molar-refractivity contribution in [2.75, 3.05) is 6.54 Å². The third kappa shape index (κ3) is 3.09. The molecule has 1 amide bonds. The molecule has 1 heterocycles. The minimum Gasteiger partial charge on any atom is -0.443 e. The molecule has 6 heteroatoms. The Balaban J connectivity index is 2.32. The second-order valence-corrected chi connectivity index (χ2v) is 7.30. The van der Waals surface area contributed by atoms with Crippen LogP contribution in [-0.2, 0) is 4.74 Å². The summed E-state index contributed by atoms with van der Waals surface area (Å²) in [6.07, 6.45) is 3.28. The maximum atomic E-state index is 12.4. The van der Waals surface area contributed by atoms with Crippen LogP contribution in [0.25, 0.3) is 0 Å². The van der Waals surface area contributed by atoms with Gasteiger partial charge < -0.3 is 4.74 Å². The molecule has 1 aliphatic heterocycles. The first-order chi connectivity index (χ1) is 9.51. The Morgan fingerprint density at radius 1 is 1.48 bits per heavy atom. The third-order valence-corrected chi connectivity index (χ3v) is 3.86. The second kappa shape index (κ2) is 4.86. The van der Waals surface area contributed by atoms with Gasteiger partial charge in [0, 0.05) is 24.2 Å². The number of hydrogen-bond acceptors (Lipinski definition) is 4. The summed E-state index contributed by atoms with van der Waals surface area (Å²) in [6.45, 7) is 10.1. The van der Waals surface area contributed by atoms with Gasteiger partial charge in [-0.15, -0.1) is 0 Å². The van der Waals surface area contributed by atoms with E-state index in [0.29, 0.717) is 18.7 Å². The fourth-order valence-corrected chi connectivity index (χ4v) is 2.88. The topological polar surface area (TPSA) is 72.7 Å². The molecule has 6 nitrogen and oxygen atoms in total. The molecule has 0 aromatic rings. The van der Waals surface area contributed by atoms with Crippen molar-refractivity contribution in [1.82, 2.24) is 4.90 Å². The zero-order valence-electron chi connectivity index (χ0n) is 13.2. The monoisotopic (exact) mass is 294 g/mol. The van der Waals surface area contributed by atoms with Crippen molar-refractivity contribution in [3.05, 3.63) is 33.7 Å². The standard InChI is InChI=1S/C15H22N2O4/c1-14(2,3)21-13(18)16-9-15(4,5)11-7-6-10(17(19)20)8-12(11)16/h6,8,11H,7,9H2,1-5H3. The van der Waals surface area contributed by atoms with Gasteiger partial charge >= 0.3 is 6.09 Å². The van der Waals surface area contributed by atoms with Gasteiger partial charge in [0.1, 0.15) is 5.60 Å². The van der Waals surface area contributed by atoms with Gasteiger partial charge in [-0.1, -0.05) is 13.8 Å². The van der Waals surface area contributed by atoms with Crippen molar-refractivity contribution in [1.29, 1.82) is 0 Å². The zero-order chi connectivity index (χ0) is 16.0. The van der Waals surface area contributed by atoms with Gasteiger partial charge in [0.2, 0.25) is 0 Å². The van der Waals surface area contributed by atoms with Gasteiger partial charge in [-0.05, 0) is 38.7 Å². The summed E-state index contributed by atoms with van der Waals surface area (Å²) < 4.78 is 5.42. The first kappa shape index (κ1) is 15.5. The summed E-state index contributed by atoms with van der Waals surface area (Å²) in [4.78, 5) is 24.5. The minimum atomic E-state index is -0.587. The van der Waals surface area contributed by atoms with Crippen LogP contribution < -0.4 is 0 Å². The summed E-state index contributed by atoms with van der Waals surface area (Å²) in [6, 6.07) is 0. The Labute approximate surface area is 124 Å². The van der Waals surface area contributed by atoms with Gasteiger partial charge in [0.25, 0.3) is 5.70 Å². The Bertz CT molecular complexity index is 540. The predicted octanol–water partition coefficient (Wildman–Crippen LogP) is 3.33. The maximum absolute atomic E-state index is 12.4. The van der Waals surface area contributed by atoms with Gasteiger partial charge in [-0.25, -0.2) is 4.79 Å². The molecule has 1 aliphatic carbocycles. The van der Waals surface area contributed by atoms with Crippen LogP contribution in [0.3, 0.4) is 0 Å². The highest BCUT2D eigenvalue weighted by Crippen LogP contribution is 2.47. The number of nitrogens with zero attached hydrogens (tertiary/aromatic N) is 2. The average molecular weight is 294 g/mol. The fourth-order valence-electron chi connectivity index (χ4n) is 2.88. The van der Waals surface area contributed by atoms with Gasteiger partial charge in [-0.3, -0.25) is 15.0 Å². The van der Waals surface area contributed by atoms with E-state index in [9.17, 15) is 14.9 Å². The molecule has 0 radical (unpaired) electrons. The number of ether oxygens (including phenoxy) is 1. The molecule has 1 fully saturated rings. The molecule has 2 rings (SSSR count). The van der Waals surface area contributed by atoms with E-state index < -0.39 is 16.6 Å². The number of carbonyl (C=O) groups is 1. The van der Waals surface area contributed by atoms with Crippen molar-refractivity contribution in [3.8, 4) is 0 Å². The van der Waals surface area contributed by atoms with Crippen molar-refractivity contribution in [2.45, 2.75) is 46.6 Å². The number of likely N-dealkylation sites (tertiary alicyclic amines) is 1. The zero-order valence-corrected chi connectivity index (χ0v) is 13.2.